The molecule has 0 radical (unpaired) electrons. The van der Waals surface area contributed by atoms with Crippen LogP contribution < -0.4 is 5.32 Å². The molecule has 0 aliphatic carbocycles. The van der Waals surface area contributed by atoms with E-state index in [9.17, 15) is 26.6 Å². The molecule has 210 valence electrons. The van der Waals surface area contributed by atoms with Crippen molar-refractivity contribution in [3.05, 3.63) is 77.5 Å². The van der Waals surface area contributed by atoms with Gasteiger partial charge in [0.25, 0.3) is 0 Å². The SMILES string of the molecule is CC(C)(C)OC(=O)CS(=O)c1cccc(-c2cnc(Nc3ccc(F)c(Cl)c3)nc2-n2ccc(C(F)(F)F)n2)c1. The van der Waals surface area contributed by atoms with Gasteiger partial charge in [0.05, 0.1) is 15.8 Å². The third kappa shape index (κ3) is 7.21. The summed E-state index contributed by atoms with van der Waals surface area (Å²) in [6.45, 7) is 5.08. The van der Waals surface area contributed by atoms with E-state index in [-0.39, 0.29) is 33.0 Å². The predicted octanol–water partition coefficient (Wildman–Crippen LogP) is 6.33. The van der Waals surface area contributed by atoms with E-state index in [4.69, 9.17) is 16.3 Å². The summed E-state index contributed by atoms with van der Waals surface area (Å²) in [4.78, 5) is 21.0. The van der Waals surface area contributed by atoms with Gasteiger partial charge in [0.15, 0.2) is 11.5 Å². The van der Waals surface area contributed by atoms with Gasteiger partial charge in [0.1, 0.15) is 17.2 Å². The molecule has 0 aliphatic rings. The number of carbonyl (C=O) groups excluding carboxylic acids is 1. The number of hydrogen-bond acceptors (Lipinski definition) is 7. The monoisotopic (exact) mass is 595 g/mol. The summed E-state index contributed by atoms with van der Waals surface area (Å²) in [6.07, 6.45) is -2.25. The number of esters is 1. The van der Waals surface area contributed by atoms with E-state index >= 15 is 0 Å². The highest BCUT2D eigenvalue weighted by molar-refractivity contribution is 7.85. The van der Waals surface area contributed by atoms with Gasteiger partial charge >= 0.3 is 12.1 Å². The average molecular weight is 596 g/mol. The van der Waals surface area contributed by atoms with Gasteiger partial charge < -0.3 is 10.1 Å². The smallest absolute Gasteiger partial charge is 0.435 e. The zero-order chi connectivity index (χ0) is 29.2. The van der Waals surface area contributed by atoms with E-state index in [0.29, 0.717) is 11.3 Å². The molecule has 8 nitrogen and oxygen atoms in total. The maximum absolute atomic E-state index is 13.6. The molecule has 40 heavy (non-hydrogen) atoms. The summed E-state index contributed by atoms with van der Waals surface area (Å²) in [7, 11) is -1.77. The Balaban J connectivity index is 1.73. The van der Waals surface area contributed by atoms with E-state index < -0.39 is 40.1 Å². The molecule has 0 saturated carbocycles. The lowest BCUT2D eigenvalue weighted by Gasteiger charge is -2.19. The van der Waals surface area contributed by atoms with Crippen LogP contribution in [0.4, 0.5) is 29.2 Å². The quantitative estimate of drug-likeness (QED) is 0.197. The number of alkyl halides is 3. The molecule has 0 saturated heterocycles. The van der Waals surface area contributed by atoms with Gasteiger partial charge in [-0.1, -0.05) is 23.7 Å². The predicted molar refractivity (Wildman–Crippen MR) is 141 cm³/mol. The van der Waals surface area contributed by atoms with Gasteiger partial charge in [0, 0.05) is 28.5 Å². The van der Waals surface area contributed by atoms with Gasteiger partial charge in [-0.25, -0.2) is 14.1 Å². The molecule has 0 spiro atoms. The maximum Gasteiger partial charge on any atom is 0.435 e. The van der Waals surface area contributed by atoms with Crippen molar-refractivity contribution < 1.29 is 31.3 Å². The molecule has 1 N–H and O–H groups in total. The molecular formula is C26H22ClF4N5O3S. The van der Waals surface area contributed by atoms with Gasteiger partial charge in [0.2, 0.25) is 5.95 Å². The van der Waals surface area contributed by atoms with Crippen molar-refractivity contribution in [3.63, 3.8) is 0 Å². The molecular weight excluding hydrogens is 574 g/mol. The van der Waals surface area contributed by atoms with Crippen molar-refractivity contribution in [1.82, 2.24) is 19.7 Å². The summed E-state index contributed by atoms with van der Waals surface area (Å²) in [5, 5.41) is 6.30. The average Bonchev–Trinajstić information content (AvgIpc) is 3.36. The lowest BCUT2D eigenvalue weighted by molar-refractivity contribution is -0.151. The molecule has 0 aliphatic heterocycles. The van der Waals surface area contributed by atoms with Gasteiger partial charge in [-0.3, -0.25) is 9.00 Å². The Labute approximate surface area is 233 Å². The van der Waals surface area contributed by atoms with Crippen molar-refractivity contribution in [2.45, 2.75) is 37.4 Å². The Hall–Kier alpha value is -3.84. The zero-order valence-corrected chi connectivity index (χ0v) is 22.9. The Bertz CT molecular complexity index is 1590. The van der Waals surface area contributed by atoms with E-state index in [1.54, 1.807) is 39.0 Å². The Morgan fingerprint density at radius 3 is 2.52 bits per heavy atom. The first-order valence-electron chi connectivity index (χ1n) is 11.6. The lowest BCUT2D eigenvalue weighted by Crippen LogP contribution is -2.27. The second-order valence-electron chi connectivity index (χ2n) is 9.43. The molecule has 2 aromatic carbocycles. The minimum absolute atomic E-state index is 0.0312. The van der Waals surface area contributed by atoms with Crippen molar-refractivity contribution in [3.8, 4) is 16.9 Å². The molecule has 4 aromatic rings. The Kier molecular flexibility index (Phi) is 8.26. The molecule has 4 rings (SSSR count). The molecule has 14 heteroatoms. The summed E-state index contributed by atoms with van der Waals surface area (Å²) < 4.78 is 72.5. The molecule has 0 bridgehead atoms. The number of ether oxygens (including phenoxy) is 1. The fourth-order valence-electron chi connectivity index (χ4n) is 3.47. The normalized spacial score (nSPS) is 12.7. The van der Waals surface area contributed by atoms with Crippen molar-refractivity contribution in [2.24, 2.45) is 0 Å². The second kappa shape index (κ2) is 11.3. The van der Waals surface area contributed by atoms with Crippen molar-refractivity contribution in [2.75, 3.05) is 11.1 Å². The van der Waals surface area contributed by atoms with Crippen LogP contribution in [-0.2, 0) is 26.5 Å². The second-order valence-corrected chi connectivity index (χ2v) is 11.3. The highest BCUT2D eigenvalue weighted by Crippen LogP contribution is 2.31. The summed E-state index contributed by atoms with van der Waals surface area (Å²) in [5.41, 5.74) is -0.880. The van der Waals surface area contributed by atoms with Crippen LogP contribution >= 0.6 is 11.6 Å². The van der Waals surface area contributed by atoms with E-state index in [1.807, 2.05) is 0 Å². The van der Waals surface area contributed by atoms with Gasteiger partial charge in [-0.2, -0.15) is 23.3 Å². The molecule has 2 aromatic heterocycles. The van der Waals surface area contributed by atoms with E-state index in [2.05, 4.69) is 20.4 Å². The first-order valence-corrected chi connectivity index (χ1v) is 13.3. The largest absolute Gasteiger partial charge is 0.459 e. The number of aromatic nitrogens is 4. The number of rotatable bonds is 7. The maximum atomic E-state index is 13.6. The third-order valence-electron chi connectivity index (χ3n) is 5.12. The van der Waals surface area contributed by atoms with Crippen LogP contribution in [0.25, 0.3) is 16.9 Å². The number of benzene rings is 2. The molecule has 0 fully saturated rings. The summed E-state index contributed by atoms with van der Waals surface area (Å²) in [6, 6.07) is 10.9. The first kappa shape index (κ1) is 29.2. The molecule has 1 unspecified atom stereocenters. The summed E-state index contributed by atoms with van der Waals surface area (Å²) in [5.74, 6) is -1.73. The number of nitrogens with zero attached hydrogens (tertiary/aromatic N) is 4. The fourth-order valence-corrected chi connectivity index (χ4v) is 4.58. The molecule has 1 atom stereocenters. The minimum atomic E-state index is -4.69. The van der Waals surface area contributed by atoms with Crippen LogP contribution in [-0.4, -0.2) is 41.3 Å². The van der Waals surface area contributed by atoms with Crippen LogP contribution in [0.5, 0.6) is 0 Å². The van der Waals surface area contributed by atoms with Crippen LogP contribution in [0.15, 0.2) is 65.8 Å². The minimum Gasteiger partial charge on any atom is -0.459 e. The lowest BCUT2D eigenvalue weighted by atomic mass is 10.1. The first-order chi connectivity index (χ1) is 18.7. The summed E-state index contributed by atoms with van der Waals surface area (Å²) >= 11 is 5.83. The highest BCUT2D eigenvalue weighted by Gasteiger charge is 2.34. The Morgan fingerprint density at radius 2 is 1.88 bits per heavy atom. The van der Waals surface area contributed by atoms with Crippen molar-refractivity contribution >= 4 is 40.0 Å². The number of halogens is 5. The standard InChI is InChI=1S/C26H22ClF4N5O3S/c1-25(2,3)39-22(37)14-40(38)17-6-4-5-15(11-17)18-13-32-24(33-16-7-8-20(28)19(27)12-16)34-23(18)36-10-9-21(35-36)26(29,30)31/h4-13H,14H2,1-3H3,(H,32,33,34). The van der Waals surface area contributed by atoms with Gasteiger partial charge in [-0.05, 0) is 62.7 Å². The number of hydrogen-bond donors (Lipinski definition) is 1. The van der Waals surface area contributed by atoms with E-state index in [0.717, 1.165) is 23.0 Å². The van der Waals surface area contributed by atoms with Crippen molar-refractivity contribution in [1.29, 1.82) is 0 Å². The van der Waals surface area contributed by atoms with Gasteiger partial charge in [-0.15, -0.1) is 0 Å². The number of carbonyl (C=O) groups is 1. The molecule has 0 amide bonds. The van der Waals surface area contributed by atoms with Crippen LogP contribution in [0, 0.1) is 5.82 Å². The number of nitrogens with one attached hydrogen (secondary N) is 1. The highest BCUT2D eigenvalue weighted by atomic mass is 35.5. The Morgan fingerprint density at radius 1 is 1.12 bits per heavy atom. The third-order valence-corrected chi connectivity index (χ3v) is 6.69. The fraction of sp³-hybridized carbons (Fsp3) is 0.231. The molecule has 2 heterocycles. The topological polar surface area (TPSA) is 99.0 Å². The van der Waals surface area contributed by atoms with Crippen LogP contribution in [0.2, 0.25) is 5.02 Å². The number of anilines is 2. The zero-order valence-electron chi connectivity index (χ0n) is 21.3. The van der Waals surface area contributed by atoms with Crippen LogP contribution in [0.3, 0.4) is 0 Å². The van der Waals surface area contributed by atoms with Crippen LogP contribution in [0.1, 0.15) is 26.5 Å². The van der Waals surface area contributed by atoms with E-state index in [1.165, 1.54) is 24.4 Å².